The lowest BCUT2D eigenvalue weighted by Gasteiger charge is -2.26. The largest absolute Gasteiger partial charge is 0.326 e. The van der Waals surface area contributed by atoms with E-state index in [1.54, 1.807) is 0 Å². The van der Waals surface area contributed by atoms with Crippen molar-refractivity contribution >= 4 is 11.6 Å². The van der Waals surface area contributed by atoms with Crippen molar-refractivity contribution in [1.29, 1.82) is 0 Å². The zero-order chi connectivity index (χ0) is 13.1. The van der Waals surface area contributed by atoms with E-state index >= 15 is 0 Å². The Balaban J connectivity index is 2.09. The van der Waals surface area contributed by atoms with Crippen molar-refractivity contribution in [2.45, 2.75) is 33.1 Å². The maximum atomic E-state index is 12.0. The van der Waals surface area contributed by atoms with Crippen molar-refractivity contribution in [1.82, 2.24) is 5.32 Å². The topological polar surface area (TPSA) is 41.1 Å². The van der Waals surface area contributed by atoms with Crippen LogP contribution in [0, 0.1) is 12.8 Å². The van der Waals surface area contributed by atoms with Crippen LogP contribution in [-0.4, -0.2) is 19.0 Å². The van der Waals surface area contributed by atoms with E-state index in [1.165, 1.54) is 5.56 Å². The van der Waals surface area contributed by atoms with E-state index in [0.29, 0.717) is 18.3 Å². The van der Waals surface area contributed by atoms with E-state index in [1.807, 2.05) is 13.0 Å². The average molecular weight is 246 g/mol. The Labute approximate surface area is 109 Å². The van der Waals surface area contributed by atoms with Crippen molar-refractivity contribution in [3.05, 3.63) is 29.3 Å². The molecule has 18 heavy (non-hydrogen) atoms. The van der Waals surface area contributed by atoms with E-state index < -0.39 is 0 Å². The lowest BCUT2D eigenvalue weighted by molar-refractivity contribution is -0.117. The minimum absolute atomic E-state index is 0.137. The van der Waals surface area contributed by atoms with E-state index in [4.69, 9.17) is 0 Å². The molecule has 1 aromatic rings. The van der Waals surface area contributed by atoms with Crippen LogP contribution in [0.3, 0.4) is 0 Å². The second-order valence-electron chi connectivity index (χ2n) is 5.47. The van der Waals surface area contributed by atoms with Gasteiger partial charge in [-0.25, -0.2) is 0 Å². The lowest BCUT2D eigenvalue weighted by atomic mass is 9.96. The Bertz CT molecular complexity index is 436. The standard InChI is InChI=1S/C15H22N2O/c1-10(2)13-6-4-5-11(3)15(13)17-14(18)7-12-8-16-9-12/h4-6,10,12,16H,7-9H2,1-3H3,(H,17,18). The number of hydrogen-bond acceptors (Lipinski definition) is 2. The molecule has 1 fully saturated rings. The van der Waals surface area contributed by atoms with Crippen molar-refractivity contribution < 1.29 is 4.79 Å². The monoisotopic (exact) mass is 246 g/mol. The lowest BCUT2D eigenvalue weighted by Crippen LogP contribution is -2.43. The highest BCUT2D eigenvalue weighted by atomic mass is 16.1. The molecule has 0 atom stereocenters. The summed E-state index contributed by atoms with van der Waals surface area (Å²) in [6, 6.07) is 6.20. The maximum Gasteiger partial charge on any atom is 0.224 e. The van der Waals surface area contributed by atoms with Gasteiger partial charge in [-0.1, -0.05) is 32.0 Å². The quantitative estimate of drug-likeness (QED) is 0.857. The second-order valence-corrected chi connectivity index (χ2v) is 5.47. The Hall–Kier alpha value is -1.35. The smallest absolute Gasteiger partial charge is 0.224 e. The first kappa shape index (κ1) is 13.1. The molecule has 1 amide bonds. The minimum atomic E-state index is 0.137. The highest BCUT2D eigenvalue weighted by Gasteiger charge is 2.21. The number of carbonyl (C=O) groups is 1. The van der Waals surface area contributed by atoms with Crippen molar-refractivity contribution in [3.63, 3.8) is 0 Å². The molecule has 1 saturated heterocycles. The van der Waals surface area contributed by atoms with Crippen LogP contribution >= 0.6 is 0 Å². The Kier molecular flexibility index (Phi) is 4.02. The number of aryl methyl sites for hydroxylation is 1. The summed E-state index contributed by atoms with van der Waals surface area (Å²) >= 11 is 0. The summed E-state index contributed by atoms with van der Waals surface area (Å²) in [5.41, 5.74) is 3.36. The number of anilines is 1. The third-order valence-corrected chi connectivity index (χ3v) is 3.53. The molecular formula is C15H22N2O. The van der Waals surface area contributed by atoms with Gasteiger partial charge in [0.2, 0.25) is 5.91 Å². The number of amides is 1. The maximum absolute atomic E-state index is 12.0. The highest BCUT2D eigenvalue weighted by Crippen LogP contribution is 2.27. The number of carbonyl (C=O) groups excluding carboxylic acids is 1. The first-order valence-corrected chi connectivity index (χ1v) is 6.68. The fourth-order valence-electron chi connectivity index (χ4n) is 2.29. The van der Waals surface area contributed by atoms with E-state index in [9.17, 15) is 4.79 Å². The van der Waals surface area contributed by atoms with Crippen molar-refractivity contribution in [3.8, 4) is 0 Å². The zero-order valence-electron chi connectivity index (χ0n) is 11.4. The van der Waals surface area contributed by atoms with Gasteiger partial charge in [-0.2, -0.15) is 0 Å². The third-order valence-electron chi connectivity index (χ3n) is 3.53. The summed E-state index contributed by atoms with van der Waals surface area (Å²) in [6.45, 7) is 8.30. The van der Waals surface area contributed by atoms with Crippen LogP contribution in [0.4, 0.5) is 5.69 Å². The van der Waals surface area contributed by atoms with E-state index in [-0.39, 0.29) is 5.91 Å². The summed E-state index contributed by atoms with van der Waals surface area (Å²) < 4.78 is 0. The van der Waals surface area contributed by atoms with Gasteiger partial charge in [0.15, 0.2) is 0 Å². The molecule has 1 aliphatic heterocycles. The molecule has 0 unspecified atom stereocenters. The van der Waals surface area contributed by atoms with E-state index in [0.717, 1.165) is 24.3 Å². The molecule has 2 rings (SSSR count). The molecule has 1 aromatic carbocycles. The second kappa shape index (κ2) is 5.53. The summed E-state index contributed by atoms with van der Waals surface area (Å²) in [5, 5.41) is 6.28. The highest BCUT2D eigenvalue weighted by molar-refractivity contribution is 5.92. The van der Waals surface area contributed by atoms with Crippen LogP contribution in [0.15, 0.2) is 18.2 Å². The van der Waals surface area contributed by atoms with Gasteiger partial charge in [-0.05, 0) is 43.0 Å². The van der Waals surface area contributed by atoms with Gasteiger partial charge in [-0.3, -0.25) is 4.79 Å². The Morgan fingerprint density at radius 1 is 1.44 bits per heavy atom. The molecule has 0 spiro atoms. The Morgan fingerprint density at radius 2 is 2.17 bits per heavy atom. The summed E-state index contributed by atoms with van der Waals surface area (Å²) in [7, 11) is 0. The van der Waals surface area contributed by atoms with Gasteiger partial charge < -0.3 is 10.6 Å². The predicted octanol–water partition coefficient (Wildman–Crippen LogP) is 2.67. The third kappa shape index (κ3) is 2.91. The van der Waals surface area contributed by atoms with Crippen LogP contribution < -0.4 is 10.6 Å². The molecular weight excluding hydrogens is 224 g/mol. The first-order valence-electron chi connectivity index (χ1n) is 6.68. The van der Waals surface area contributed by atoms with Gasteiger partial charge >= 0.3 is 0 Å². The summed E-state index contributed by atoms with van der Waals surface area (Å²) in [4.78, 5) is 12.0. The van der Waals surface area contributed by atoms with Gasteiger partial charge in [0, 0.05) is 12.1 Å². The first-order chi connectivity index (χ1) is 8.58. The minimum Gasteiger partial charge on any atom is -0.326 e. The molecule has 98 valence electrons. The van der Waals surface area contributed by atoms with Crippen LogP contribution in [0.5, 0.6) is 0 Å². The molecule has 2 N–H and O–H groups in total. The van der Waals surface area contributed by atoms with Gasteiger partial charge in [-0.15, -0.1) is 0 Å². The van der Waals surface area contributed by atoms with E-state index in [2.05, 4.69) is 36.6 Å². The molecule has 0 aromatic heterocycles. The molecule has 1 heterocycles. The van der Waals surface area contributed by atoms with Crippen LogP contribution in [-0.2, 0) is 4.79 Å². The van der Waals surface area contributed by atoms with Gasteiger partial charge in [0.25, 0.3) is 0 Å². The summed E-state index contributed by atoms with van der Waals surface area (Å²) in [5.74, 6) is 1.07. The predicted molar refractivity (Wildman–Crippen MR) is 74.9 cm³/mol. The van der Waals surface area contributed by atoms with Crippen LogP contribution in [0.1, 0.15) is 37.3 Å². The zero-order valence-corrected chi connectivity index (χ0v) is 11.4. The number of nitrogens with one attached hydrogen (secondary N) is 2. The average Bonchev–Trinajstić information content (AvgIpc) is 2.26. The molecule has 1 aliphatic rings. The molecule has 0 bridgehead atoms. The number of para-hydroxylation sites is 1. The normalized spacial score (nSPS) is 15.6. The number of rotatable bonds is 4. The number of benzene rings is 1. The Morgan fingerprint density at radius 3 is 2.72 bits per heavy atom. The van der Waals surface area contributed by atoms with Crippen LogP contribution in [0.2, 0.25) is 0 Å². The number of hydrogen-bond donors (Lipinski definition) is 2. The van der Waals surface area contributed by atoms with Gasteiger partial charge in [0.05, 0.1) is 0 Å². The SMILES string of the molecule is Cc1cccc(C(C)C)c1NC(=O)CC1CNC1. The van der Waals surface area contributed by atoms with Gasteiger partial charge in [0.1, 0.15) is 0 Å². The molecule has 0 saturated carbocycles. The molecule has 0 radical (unpaired) electrons. The van der Waals surface area contributed by atoms with Crippen LogP contribution in [0.25, 0.3) is 0 Å². The molecule has 0 aliphatic carbocycles. The van der Waals surface area contributed by atoms with Crippen molar-refractivity contribution in [2.24, 2.45) is 5.92 Å². The molecule has 3 nitrogen and oxygen atoms in total. The van der Waals surface area contributed by atoms with Crippen molar-refractivity contribution in [2.75, 3.05) is 18.4 Å². The fraction of sp³-hybridized carbons (Fsp3) is 0.533. The molecule has 3 heteroatoms. The summed E-state index contributed by atoms with van der Waals surface area (Å²) in [6.07, 6.45) is 0.624. The fourth-order valence-corrected chi connectivity index (χ4v) is 2.29.